The topological polar surface area (TPSA) is 102 Å². The predicted molar refractivity (Wildman–Crippen MR) is 124 cm³/mol. The van der Waals surface area contributed by atoms with Gasteiger partial charge in [-0.05, 0) is 44.0 Å². The average Bonchev–Trinajstić information content (AvgIpc) is 3.15. The molecule has 1 aliphatic rings. The van der Waals surface area contributed by atoms with Crippen LogP contribution < -0.4 is 4.74 Å². The fraction of sp³-hybridized carbons (Fsp3) is 0.308. The number of aryl methyl sites for hydroxylation is 2. The lowest BCUT2D eigenvalue weighted by molar-refractivity contribution is -0.0553. The number of benzene rings is 2. The summed E-state index contributed by atoms with van der Waals surface area (Å²) in [7, 11) is 0. The van der Waals surface area contributed by atoms with Crippen molar-refractivity contribution in [2.24, 2.45) is 5.92 Å². The van der Waals surface area contributed by atoms with E-state index in [4.69, 9.17) is 18.9 Å². The lowest BCUT2D eigenvalue weighted by Gasteiger charge is -2.27. The summed E-state index contributed by atoms with van der Waals surface area (Å²) >= 11 is 0. The molecule has 3 heterocycles. The van der Waals surface area contributed by atoms with Gasteiger partial charge in [0.2, 0.25) is 0 Å². The summed E-state index contributed by atoms with van der Waals surface area (Å²) in [4.78, 5) is 17.1. The lowest BCUT2D eigenvalue weighted by atomic mass is 9.98. The van der Waals surface area contributed by atoms with Crippen LogP contribution in [0.2, 0.25) is 0 Å². The highest BCUT2D eigenvalue weighted by molar-refractivity contribution is 6.07. The zero-order valence-electron chi connectivity index (χ0n) is 18.5. The molecule has 0 bridgehead atoms. The molecule has 4 aromatic rings. The Bertz CT molecular complexity index is 1360. The van der Waals surface area contributed by atoms with Gasteiger partial charge in [-0.15, -0.1) is 0 Å². The second-order valence-electron chi connectivity index (χ2n) is 8.52. The molecule has 1 fully saturated rings. The normalized spacial score (nSPS) is 18.6. The number of furan rings is 1. The molecule has 170 valence electrons. The van der Waals surface area contributed by atoms with Crippen LogP contribution in [0, 0.1) is 19.8 Å². The minimum absolute atomic E-state index is 0.0752. The van der Waals surface area contributed by atoms with Crippen molar-refractivity contribution in [2.45, 2.75) is 26.4 Å². The minimum Gasteiger partial charge on any atom is -0.492 e. The van der Waals surface area contributed by atoms with Crippen LogP contribution in [0.4, 0.5) is 0 Å². The molecular formula is C26H25NO6. The fourth-order valence-electron chi connectivity index (χ4n) is 4.43. The van der Waals surface area contributed by atoms with E-state index in [1.807, 2.05) is 44.2 Å². The monoisotopic (exact) mass is 447 g/mol. The number of para-hydroxylation sites is 1. The maximum absolute atomic E-state index is 12.3. The second-order valence-corrected chi connectivity index (χ2v) is 8.52. The largest absolute Gasteiger partial charge is 0.492 e. The number of rotatable bonds is 5. The number of aliphatic hydroxyl groups excluding tert-OH is 1. The molecule has 0 aliphatic carbocycles. The molecular weight excluding hydrogens is 422 g/mol. The summed E-state index contributed by atoms with van der Waals surface area (Å²) in [6.45, 7) is 4.96. The van der Waals surface area contributed by atoms with Crippen molar-refractivity contribution < 1.29 is 28.9 Å². The van der Waals surface area contributed by atoms with Gasteiger partial charge in [-0.3, -0.25) is 0 Å². The standard InChI is InChI=1S/C26H25NO6/c1-14-7-8-22(32-12-16-9-10-31-13-20(16)28)23-18(26(29)30)11-19(27-24(14)23)25-15(2)17-5-3-4-6-21(17)33-25/h3-8,11,16,20,28H,9-10,12-13H2,1-2H3,(H,29,30). The Morgan fingerprint density at radius 1 is 1.21 bits per heavy atom. The summed E-state index contributed by atoms with van der Waals surface area (Å²) in [5.41, 5.74) is 3.59. The van der Waals surface area contributed by atoms with E-state index in [0.29, 0.717) is 41.1 Å². The molecule has 2 unspecified atom stereocenters. The first kappa shape index (κ1) is 21.4. The van der Waals surface area contributed by atoms with Crippen molar-refractivity contribution in [1.82, 2.24) is 4.98 Å². The van der Waals surface area contributed by atoms with Gasteiger partial charge in [0.15, 0.2) is 5.76 Å². The Balaban J connectivity index is 1.62. The maximum Gasteiger partial charge on any atom is 0.336 e. The summed E-state index contributed by atoms with van der Waals surface area (Å²) in [6, 6.07) is 12.9. The number of pyridine rings is 1. The average molecular weight is 447 g/mol. The summed E-state index contributed by atoms with van der Waals surface area (Å²) in [5.74, 6) is -0.156. The molecule has 2 aromatic carbocycles. The number of carbonyl (C=O) groups is 1. The summed E-state index contributed by atoms with van der Waals surface area (Å²) < 4.78 is 17.4. The van der Waals surface area contributed by atoms with Gasteiger partial charge < -0.3 is 24.1 Å². The SMILES string of the molecule is Cc1c(-c2cc(C(=O)O)c3c(OCC4CCOCC4O)ccc(C)c3n2)oc2ccccc12. The Labute approximate surface area is 190 Å². The van der Waals surface area contributed by atoms with E-state index in [1.54, 1.807) is 12.1 Å². The highest BCUT2D eigenvalue weighted by atomic mass is 16.5. The molecule has 7 heteroatoms. The van der Waals surface area contributed by atoms with Gasteiger partial charge in [-0.1, -0.05) is 24.3 Å². The molecule has 0 amide bonds. The third-order valence-electron chi connectivity index (χ3n) is 6.35. The van der Waals surface area contributed by atoms with Crippen LogP contribution in [0.1, 0.15) is 27.9 Å². The van der Waals surface area contributed by atoms with Gasteiger partial charge in [-0.25, -0.2) is 9.78 Å². The number of nitrogens with zero attached hydrogens (tertiary/aromatic N) is 1. The van der Waals surface area contributed by atoms with Crippen LogP contribution in [0.3, 0.4) is 0 Å². The van der Waals surface area contributed by atoms with Gasteiger partial charge in [0, 0.05) is 23.5 Å². The summed E-state index contributed by atoms with van der Waals surface area (Å²) in [5, 5.41) is 21.7. The fourth-order valence-corrected chi connectivity index (χ4v) is 4.43. The number of aromatic nitrogens is 1. The van der Waals surface area contributed by atoms with Crippen LogP contribution >= 0.6 is 0 Å². The number of ether oxygens (including phenoxy) is 2. The number of fused-ring (bicyclic) bond motifs is 2. The van der Waals surface area contributed by atoms with E-state index in [0.717, 1.165) is 22.1 Å². The maximum atomic E-state index is 12.3. The van der Waals surface area contributed by atoms with E-state index in [2.05, 4.69) is 0 Å². The zero-order chi connectivity index (χ0) is 23.1. The molecule has 5 rings (SSSR count). The van der Waals surface area contributed by atoms with Crippen LogP contribution in [0.15, 0.2) is 46.9 Å². The molecule has 2 atom stereocenters. The lowest BCUT2D eigenvalue weighted by Crippen LogP contribution is -2.35. The first-order chi connectivity index (χ1) is 15.9. The van der Waals surface area contributed by atoms with Gasteiger partial charge in [-0.2, -0.15) is 0 Å². The van der Waals surface area contributed by atoms with Crippen molar-refractivity contribution in [3.8, 4) is 17.2 Å². The van der Waals surface area contributed by atoms with Crippen LogP contribution in [0.25, 0.3) is 33.3 Å². The van der Waals surface area contributed by atoms with Crippen molar-refractivity contribution in [3.05, 3.63) is 59.2 Å². The number of hydrogen-bond acceptors (Lipinski definition) is 6. The van der Waals surface area contributed by atoms with Crippen molar-refractivity contribution in [2.75, 3.05) is 19.8 Å². The third-order valence-corrected chi connectivity index (χ3v) is 6.35. The number of carboxylic acid groups (broad SMARTS) is 1. The van der Waals surface area contributed by atoms with E-state index >= 15 is 0 Å². The third kappa shape index (κ3) is 3.83. The molecule has 33 heavy (non-hydrogen) atoms. The van der Waals surface area contributed by atoms with E-state index < -0.39 is 12.1 Å². The van der Waals surface area contributed by atoms with Crippen molar-refractivity contribution in [1.29, 1.82) is 0 Å². The predicted octanol–water partition coefficient (Wildman–Crippen LogP) is 4.74. The van der Waals surface area contributed by atoms with E-state index in [1.165, 1.54) is 0 Å². The zero-order valence-corrected chi connectivity index (χ0v) is 18.5. The van der Waals surface area contributed by atoms with Crippen LogP contribution in [-0.2, 0) is 4.74 Å². The molecule has 0 spiro atoms. The number of hydrogen-bond donors (Lipinski definition) is 2. The van der Waals surface area contributed by atoms with Crippen molar-refractivity contribution in [3.63, 3.8) is 0 Å². The van der Waals surface area contributed by atoms with Gasteiger partial charge in [0.25, 0.3) is 0 Å². The second kappa shape index (κ2) is 8.50. The first-order valence-corrected chi connectivity index (χ1v) is 11.0. The molecule has 1 saturated heterocycles. The smallest absolute Gasteiger partial charge is 0.336 e. The minimum atomic E-state index is -1.07. The molecule has 0 radical (unpaired) electrons. The number of aromatic carboxylic acids is 1. The Hall–Kier alpha value is -3.42. The highest BCUT2D eigenvalue weighted by Crippen LogP contribution is 2.37. The highest BCUT2D eigenvalue weighted by Gasteiger charge is 2.26. The van der Waals surface area contributed by atoms with Crippen LogP contribution in [-0.4, -0.2) is 47.1 Å². The quantitative estimate of drug-likeness (QED) is 0.456. The number of carboxylic acids is 1. The van der Waals surface area contributed by atoms with E-state index in [9.17, 15) is 15.0 Å². The molecule has 2 N–H and O–H groups in total. The Kier molecular flexibility index (Phi) is 5.52. The Morgan fingerprint density at radius 2 is 2.03 bits per heavy atom. The summed E-state index contributed by atoms with van der Waals surface area (Å²) in [6.07, 6.45) is 0.0833. The molecule has 2 aromatic heterocycles. The Morgan fingerprint density at radius 3 is 2.79 bits per heavy atom. The van der Waals surface area contributed by atoms with Crippen LogP contribution in [0.5, 0.6) is 5.75 Å². The van der Waals surface area contributed by atoms with Gasteiger partial charge in [0.1, 0.15) is 17.0 Å². The molecule has 7 nitrogen and oxygen atoms in total. The van der Waals surface area contributed by atoms with Crippen molar-refractivity contribution >= 4 is 27.8 Å². The first-order valence-electron chi connectivity index (χ1n) is 11.0. The molecule has 1 aliphatic heterocycles. The molecule has 0 saturated carbocycles. The van der Waals surface area contributed by atoms with Gasteiger partial charge in [0.05, 0.1) is 35.8 Å². The van der Waals surface area contributed by atoms with Gasteiger partial charge >= 0.3 is 5.97 Å². The van der Waals surface area contributed by atoms with E-state index in [-0.39, 0.29) is 24.7 Å². The number of aliphatic hydroxyl groups is 1.